The van der Waals surface area contributed by atoms with E-state index < -0.39 is 5.97 Å². The Morgan fingerprint density at radius 2 is 1.65 bits per heavy atom. The second kappa shape index (κ2) is 10.1. The van der Waals surface area contributed by atoms with Crippen LogP contribution in [-0.4, -0.2) is 25.8 Å². The number of esters is 1. The molecule has 0 radical (unpaired) electrons. The molecule has 0 amide bonds. The normalized spacial score (nSPS) is 11.0. The molecule has 0 saturated heterocycles. The molecule has 0 aliphatic heterocycles. The van der Waals surface area contributed by atoms with E-state index in [0.717, 1.165) is 16.9 Å². The lowest BCUT2D eigenvalue weighted by Crippen LogP contribution is -2.14. The quantitative estimate of drug-likeness (QED) is 0.292. The predicted octanol–water partition coefficient (Wildman–Crippen LogP) is 4.18. The Morgan fingerprint density at radius 3 is 2.31 bits per heavy atom. The second-order valence-electron chi connectivity index (χ2n) is 5.66. The van der Waals surface area contributed by atoms with E-state index >= 15 is 0 Å². The van der Waals surface area contributed by atoms with Crippen molar-refractivity contribution in [1.82, 2.24) is 0 Å². The highest BCUT2D eigenvalue weighted by Gasteiger charge is 2.14. The van der Waals surface area contributed by atoms with Crippen LogP contribution in [0.15, 0.2) is 60.6 Å². The van der Waals surface area contributed by atoms with Crippen LogP contribution < -0.4 is 9.47 Å². The molecule has 2 aromatic carbocycles. The van der Waals surface area contributed by atoms with Crippen LogP contribution in [-0.2, 0) is 14.3 Å². The smallest absolute Gasteiger partial charge is 0.377 e. The summed E-state index contributed by atoms with van der Waals surface area (Å²) in [5, 5.41) is 0. The molecule has 0 saturated carbocycles. The second-order valence-corrected chi connectivity index (χ2v) is 5.66. The first-order valence-electron chi connectivity index (χ1n) is 8.51. The molecule has 0 aromatic heterocycles. The topological polar surface area (TPSA) is 54.0 Å². The first-order chi connectivity index (χ1) is 12.6. The molecule has 2 rings (SSSR count). The largest absolute Gasteiger partial charge is 0.493 e. The van der Waals surface area contributed by atoms with Crippen LogP contribution in [0.2, 0.25) is 0 Å². The van der Waals surface area contributed by atoms with Crippen LogP contribution >= 0.6 is 0 Å². The molecule has 5 nitrogen and oxygen atoms in total. The van der Waals surface area contributed by atoms with E-state index in [0.29, 0.717) is 12.4 Å². The van der Waals surface area contributed by atoms with Gasteiger partial charge in [-0.1, -0.05) is 24.3 Å². The Kier molecular flexibility index (Phi) is 7.55. The van der Waals surface area contributed by atoms with Crippen molar-refractivity contribution in [2.75, 3.05) is 19.8 Å². The number of hydrogen-bond acceptors (Lipinski definition) is 5. The standard InChI is InChI=1S/C21H24O5/c1-4-24-21(22)20(26-18-8-6-5-7-9-18)15-23-10-11-25-19-13-16(2)12-17(3)14-19/h5-9,12-15H,4,10-11H2,1-3H3/b20-15-. The van der Waals surface area contributed by atoms with Crippen LogP contribution in [0.25, 0.3) is 0 Å². The van der Waals surface area contributed by atoms with Crippen LogP contribution in [0.4, 0.5) is 0 Å². The van der Waals surface area contributed by atoms with Crippen LogP contribution in [0, 0.1) is 13.8 Å². The van der Waals surface area contributed by atoms with Gasteiger partial charge in [-0.3, -0.25) is 0 Å². The van der Waals surface area contributed by atoms with E-state index in [-0.39, 0.29) is 19.0 Å². The maximum Gasteiger partial charge on any atom is 0.377 e. The number of para-hydroxylation sites is 1. The molecule has 0 fully saturated rings. The highest BCUT2D eigenvalue weighted by atomic mass is 16.6. The molecule has 0 atom stereocenters. The summed E-state index contributed by atoms with van der Waals surface area (Å²) in [6.07, 6.45) is 1.26. The summed E-state index contributed by atoms with van der Waals surface area (Å²) in [6, 6.07) is 15.0. The predicted molar refractivity (Wildman–Crippen MR) is 99.1 cm³/mol. The molecule has 0 bridgehead atoms. The van der Waals surface area contributed by atoms with Gasteiger partial charge in [-0.25, -0.2) is 4.79 Å². The van der Waals surface area contributed by atoms with E-state index in [1.165, 1.54) is 6.26 Å². The highest BCUT2D eigenvalue weighted by molar-refractivity contribution is 5.86. The first-order valence-corrected chi connectivity index (χ1v) is 8.51. The Morgan fingerprint density at radius 1 is 0.962 bits per heavy atom. The van der Waals surface area contributed by atoms with Crippen LogP contribution in [0.1, 0.15) is 18.1 Å². The van der Waals surface area contributed by atoms with Gasteiger partial charge in [0.05, 0.1) is 6.61 Å². The number of carbonyl (C=O) groups excluding carboxylic acids is 1. The van der Waals surface area contributed by atoms with E-state index in [1.54, 1.807) is 19.1 Å². The number of ether oxygens (including phenoxy) is 4. The summed E-state index contributed by atoms with van der Waals surface area (Å²) in [4.78, 5) is 12.0. The van der Waals surface area contributed by atoms with Crippen molar-refractivity contribution in [1.29, 1.82) is 0 Å². The third-order valence-corrected chi connectivity index (χ3v) is 3.30. The van der Waals surface area contributed by atoms with Gasteiger partial charge in [-0.05, 0) is 56.2 Å². The van der Waals surface area contributed by atoms with Crippen molar-refractivity contribution >= 4 is 5.97 Å². The minimum Gasteiger partial charge on any atom is -0.493 e. The molecular formula is C21H24O5. The van der Waals surface area contributed by atoms with E-state index in [1.807, 2.05) is 44.2 Å². The number of carbonyl (C=O) groups is 1. The maximum atomic E-state index is 12.0. The lowest BCUT2D eigenvalue weighted by Gasteiger charge is -2.10. The fourth-order valence-corrected chi connectivity index (χ4v) is 2.29. The van der Waals surface area contributed by atoms with Crippen molar-refractivity contribution in [2.45, 2.75) is 20.8 Å². The molecule has 0 spiro atoms. The molecule has 0 N–H and O–H groups in total. The molecule has 26 heavy (non-hydrogen) atoms. The summed E-state index contributed by atoms with van der Waals surface area (Å²) in [5.74, 6) is 0.735. The lowest BCUT2D eigenvalue weighted by atomic mass is 10.1. The van der Waals surface area contributed by atoms with E-state index in [9.17, 15) is 4.79 Å². The van der Waals surface area contributed by atoms with Crippen molar-refractivity contribution in [3.63, 3.8) is 0 Å². The van der Waals surface area contributed by atoms with E-state index in [2.05, 4.69) is 6.07 Å². The third-order valence-electron chi connectivity index (χ3n) is 3.30. The fourth-order valence-electron chi connectivity index (χ4n) is 2.29. The fraction of sp³-hybridized carbons (Fsp3) is 0.286. The highest BCUT2D eigenvalue weighted by Crippen LogP contribution is 2.16. The monoisotopic (exact) mass is 356 g/mol. The van der Waals surface area contributed by atoms with Gasteiger partial charge in [0.15, 0.2) is 0 Å². The average molecular weight is 356 g/mol. The zero-order chi connectivity index (χ0) is 18.8. The summed E-state index contributed by atoms with van der Waals surface area (Å²) in [7, 11) is 0. The maximum absolute atomic E-state index is 12.0. The number of aryl methyl sites for hydroxylation is 2. The van der Waals surface area contributed by atoms with Gasteiger partial charge >= 0.3 is 5.97 Å². The molecule has 2 aromatic rings. The van der Waals surface area contributed by atoms with Crippen LogP contribution in [0.5, 0.6) is 11.5 Å². The Hall–Kier alpha value is -2.95. The summed E-state index contributed by atoms with van der Waals surface area (Å²) >= 11 is 0. The van der Waals surface area contributed by atoms with Gasteiger partial charge in [0.2, 0.25) is 5.76 Å². The lowest BCUT2D eigenvalue weighted by molar-refractivity contribution is -0.141. The zero-order valence-corrected chi connectivity index (χ0v) is 15.4. The molecule has 0 aliphatic carbocycles. The SMILES string of the molecule is CCOC(=O)/C(=C/OCCOc1cc(C)cc(C)c1)Oc1ccccc1. The third kappa shape index (κ3) is 6.51. The van der Waals surface area contributed by atoms with Gasteiger partial charge in [-0.15, -0.1) is 0 Å². The minimum atomic E-state index is -0.577. The molecular weight excluding hydrogens is 332 g/mol. The van der Waals surface area contributed by atoms with Gasteiger partial charge in [0, 0.05) is 0 Å². The van der Waals surface area contributed by atoms with Crippen molar-refractivity contribution < 1.29 is 23.7 Å². The Balaban J connectivity index is 1.89. The number of hydrogen-bond donors (Lipinski definition) is 0. The summed E-state index contributed by atoms with van der Waals surface area (Å²) in [5.41, 5.74) is 2.28. The summed E-state index contributed by atoms with van der Waals surface area (Å²) in [6.45, 7) is 6.65. The molecule has 0 unspecified atom stereocenters. The molecule has 5 heteroatoms. The Labute approximate surface area is 154 Å². The average Bonchev–Trinajstić information content (AvgIpc) is 2.60. The van der Waals surface area contributed by atoms with Crippen LogP contribution in [0.3, 0.4) is 0 Å². The van der Waals surface area contributed by atoms with Crippen molar-refractivity contribution in [3.8, 4) is 11.5 Å². The Bertz CT molecular complexity index is 717. The minimum absolute atomic E-state index is 0.00977. The molecule has 138 valence electrons. The van der Waals surface area contributed by atoms with Crippen molar-refractivity contribution in [2.24, 2.45) is 0 Å². The number of rotatable bonds is 9. The molecule has 0 aliphatic rings. The number of benzene rings is 2. The zero-order valence-electron chi connectivity index (χ0n) is 15.4. The van der Waals surface area contributed by atoms with Crippen molar-refractivity contribution in [3.05, 3.63) is 71.7 Å². The first kappa shape index (κ1) is 19.4. The van der Waals surface area contributed by atoms with Gasteiger partial charge in [0.1, 0.15) is 31.0 Å². The molecule has 0 heterocycles. The van der Waals surface area contributed by atoms with Gasteiger partial charge in [-0.2, -0.15) is 0 Å². The van der Waals surface area contributed by atoms with Gasteiger partial charge in [0.25, 0.3) is 0 Å². The van der Waals surface area contributed by atoms with Gasteiger partial charge < -0.3 is 18.9 Å². The van der Waals surface area contributed by atoms with E-state index in [4.69, 9.17) is 18.9 Å². The summed E-state index contributed by atoms with van der Waals surface area (Å²) < 4.78 is 21.6.